The Labute approximate surface area is 100 Å². The molecule has 0 amide bonds. The molecule has 1 N–H and O–H groups in total. The molecule has 0 aliphatic carbocycles. The van der Waals surface area contributed by atoms with Crippen LogP contribution in [0.3, 0.4) is 0 Å². The van der Waals surface area contributed by atoms with E-state index >= 15 is 0 Å². The van der Waals surface area contributed by atoms with Crippen LogP contribution in [0.5, 0.6) is 0 Å². The summed E-state index contributed by atoms with van der Waals surface area (Å²) in [6.07, 6.45) is 3.30. The first-order valence-electron chi connectivity index (χ1n) is 5.32. The molecule has 0 saturated carbocycles. The third-order valence-electron chi connectivity index (χ3n) is 1.55. The van der Waals surface area contributed by atoms with Crippen molar-refractivity contribution in [2.75, 3.05) is 6.61 Å². The van der Waals surface area contributed by atoms with Gasteiger partial charge < -0.3 is 9.84 Å². The maximum absolute atomic E-state index is 11.1. The molecule has 6 heteroatoms. The molecule has 0 heterocycles. The zero-order chi connectivity index (χ0) is 13.3. The third-order valence-corrected chi connectivity index (χ3v) is 1.55. The molecule has 0 radical (unpaired) electrons. The van der Waals surface area contributed by atoms with E-state index in [1.807, 2.05) is 6.92 Å². The number of hydrogen-bond acceptors (Lipinski definition) is 5. The van der Waals surface area contributed by atoms with Crippen LogP contribution >= 0.6 is 0 Å². The van der Waals surface area contributed by atoms with E-state index in [2.05, 4.69) is 0 Å². The van der Waals surface area contributed by atoms with Crippen molar-refractivity contribution >= 4 is 11.9 Å². The lowest BCUT2D eigenvalue weighted by molar-refractivity contribution is -0.407. The van der Waals surface area contributed by atoms with Crippen LogP contribution in [0.2, 0.25) is 0 Å². The van der Waals surface area contributed by atoms with Gasteiger partial charge in [0, 0.05) is 26.0 Å². The van der Waals surface area contributed by atoms with E-state index in [4.69, 9.17) is 19.6 Å². The molecule has 0 bridgehead atoms. The Bertz CT molecular complexity index is 282. The standard InChI is InChI=1S/C11H18O6/c1-4-5-8-15-17-11(2,3)16-10(14)7-6-9(12)13/h6-7H,4-5,8H2,1-3H3,(H,12,13)/b7-6+. The van der Waals surface area contributed by atoms with Gasteiger partial charge in [0.05, 0.1) is 6.61 Å². The van der Waals surface area contributed by atoms with Gasteiger partial charge in [-0.25, -0.2) is 14.5 Å². The van der Waals surface area contributed by atoms with Gasteiger partial charge in [-0.15, -0.1) is 0 Å². The van der Waals surface area contributed by atoms with Gasteiger partial charge in [0.1, 0.15) is 0 Å². The predicted octanol–water partition coefficient (Wildman–Crippen LogP) is 1.65. The van der Waals surface area contributed by atoms with Crippen LogP contribution in [-0.2, 0) is 24.1 Å². The summed E-state index contributed by atoms with van der Waals surface area (Å²) in [6.45, 7) is 5.39. The van der Waals surface area contributed by atoms with Crippen molar-refractivity contribution in [2.45, 2.75) is 39.4 Å². The SMILES string of the molecule is CCCCOOC(C)(C)OC(=O)/C=C/C(=O)O. The Hall–Kier alpha value is -1.40. The van der Waals surface area contributed by atoms with E-state index in [0.29, 0.717) is 12.7 Å². The van der Waals surface area contributed by atoms with Crippen LogP contribution in [0.4, 0.5) is 0 Å². The quantitative estimate of drug-likeness (QED) is 0.175. The Kier molecular flexibility index (Phi) is 7.16. The number of hydrogen-bond donors (Lipinski definition) is 1. The lowest BCUT2D eigenvalue weighted by Crippen LogP contribution is -2.31. The van der Waals surface area contributed by atoms with E-state index < -0.39 is 17.7 Å². The predicted molar refractivity (Wildman–Crippen MR) is 58.9 cm³/mol. The molecule has 0 aromatic rings. The van der Waals surface area contributed by atoms with Gasteiger partial charge in [-0.3, -0.25) is 0 Å². The number of esters is 1. The monoisotopic (exact) mass is 246 g/mol. The summed E-state index contributed by atoms with van der Waals surface area (Å²) in [6, 6.07) is 0. The summed E-state index contributed by atoms with van der Waals surface area (Å²) < 4.78 is 4.83. The molecule has 0 rings (SSSR count). The molecule has 0 aromatic heterocycles. The van der Waals surface area contributed by atoms with Crippen molar-refractivity contribution < 1.29 is 29.2 Å². The molecule has 98 valence electrons. The number of ether oxygens (including phenoxy) is 1. The molecule has 0 saturated heterocycles. The first-order chi connectivity index (χ1) is 7.87. The van der Waals surface area contributed by atoms with E-state index in [1.54, 1.807) is 0 Å². The van der Waals surface area contributed by atoms with Crippen molar-refractivity contribution in [2.24, 2.45) is 0 Å². The average molecular weight is 246 g/mol. The van der Waals surface area contributed by atoms with E-state index in [0.717, 1.165) is 18.9 Å². The molecule has 0 aliphatic heterocycles. The molecular formula is C11H18O6. The van der Waals surface area contributed by atoms with Gasteiger partial charge in [0.15, 0.2) is 0 Å². The van der Waals surface area contributed by atoms with Gasteiger partial charge in [-0.1, -0.05) is 13.3 Å². The highest BCUT2D eigenvalue weighted by Gasteiger charge is 2.24. The zero-order valence-corrected chi connectivity index (χ0v) is 10.3. The first kappa shape index (κ1) is 15.6. The number of rotatable bonds is 8. The first-order valence-corrected chi connectivity index (χ1v) is 5.32. The summed E-state index contributed by atoms with van der Waals surface area (Å²) >= 11 is 0. The highest BCUT2D eigenvalue weighted by molar-refractivity contribution is 5.90. The highest BCUT2D eigenvalue weighted by Crippen LogP contribution is 2.12. The number of aliphatic carboxylic acids is 1. The number of carboxylic acid groups (broad SMARTS) is 1. The Morgan fingerprint density at radius 1 is 1.29 bits per heavy atom. The third kappa shape index (κ3) is 9.52. The number of carbonyl (C=O) groups excluding carboxylic acids is 1. The Morgan fingerprint density at radius 3 is 2.47 bits per heavy atom. The van der Waals surface area contributed by atoms with Crippen molar-refractivity contribution in [1.82, 2.24) is 0 Å². The van der Waals surface area contributed by atoms with Gasteiger partial charge in [-0.2, -0.15) is 4.89 Å². The number of carboxylic acids is 1. The van der Waals surface area contributed by atoms with Crippen LogP contribution < -0.4 is 0 Å². The molecule has 0 atom stereocenters. The minimum atomic E-state index is -1.26. The summed E-state index contributed by atoms with van der Waals surface area (Å²) in [7, 11) is 0. The van der Waals surface area contributed by atoms with E-state index in [9.17, 15) is 9.59 Å². The molecule has 17 heavy (non-hydrogen) atoms. The maximum atomic E-state index is 11.1. The lowest BCUT2D eigenvalue weighted by atomic mass is 10.4. The average Bonchev–Trinajstić information content (AvgIpc) is 2.21. The van der Waals surface area contributed by atoms with Gasteiger partial charge in [0.2, 0.25) is 5.79 Å². The zero-order valence-electron chi connectivity index (χ0n) is 10.3. The Balaban J connectivity index is 3.98. The molecule has 6 nitrogen and oxygen atoms in total. The van der Waals surface area contributed by atoms with Crippen LogP contribution in [0.15, 0.2) is 12.2 Å². The minimum absolute atomic E-state index is 0.405. The summed E-state index contributed by atoms with van der Waals surface area (Å²) in [5.74, 6) is -3.29. The molecule has 0 unspecified atom stereocenters. The van der Waals surface area contributed by atoms with Crippen molar-refractivity contribution in [3.63, 3.8) is 0 Å². The number of carbonyl (C=O) groups is 2. The van der Waals surface area contributed by atoms with Crippen molar-refractivity contribution in [3.8, 4) is 0 Å². The summed E-state index contributed by atoms with van der Waals surface area (Å²) in [4.78, 5) is 31.0. The second-order valence-corrected chi connectivity index (χ2v) is 3.75. The fourth-order valence-corrected chi connectivity index (χ4v) is 0.819. The molecule has 0 spiro atoms. The van der Waals surface area contributed by atoms with Crippen molar-refractivity contribution in [1.29, 1.82) is 0 Å². The fourth-order valence-electron chi connectivity index (χ4n) is 0.819. The molecular weight excluding hydrogens is 228 g/mol. The number of unbranched alkanes of at least 4 members (excludes halogenated alkanes) is 1. The minimum Gasteiger partial charge on any atom is -0.478 e. The highest BCUT2D eigenvalue weighted by atomic mass is 17.2. The van der Waals surface area contributed by atoms with E-state index in [1.165, 1.54) is 13.8 Å². The largest absolute Gasteiger partial charge is 0.478 e. The maximum Gasteiger partial charge on any atom is 0.333 e. The van der Waals surface area contributed by atoms with Gasteiger partial charge >= 0.3 is 11.9 Å². The summed E-state index contributed by atoms with van der Waals surface area (Å²) in [5, 5.41) is 8.31. The molecule has 0 fully saturated rings. The van der Waals surface area contributed by atoms with Crippen LogP contribution in [0.1, 0.15) is 33.6 Å². The molecule has 0 aliphatic rings. The van der Waals surface area contributed by atoms with E-state index in [-0.39, 0.29) is 0 Å². The normalized spacial score (nSPS) is 11.7. The van der Waals surface area contributed by atoms with Crippen LogP contribution in [0.25, 0.3) is 0 Å². The fraction of sp³-hybridized carbons (Fsp3) is 0.636. The molecule has 0 aromatic carbocycles. The smallest absolute Gasteiger partial charge is 0.333 e. The second kappa shape index (κ2) is 7.81. The topological polar surface area (TPSA) is 82.1 Å². The van der Waals surface area contributed by atoms with Gasteiger partial charge in [-0.05, 0) is 6.42 Å². The van der Waals surface area contributed by atoms with Gasteiger partial charge in [0.25, 0.3) is 0 Å². The Morgan fingerprint density at radius 2 is 1.94 bits per heavy atom. The summed E-state index contributed by atoms with van der Waals surface area (Å²) in [5.41, 5.74) is 0. The van der Waals surface area contributed by atoms with Crippen molar-refractivity contribution in [3.05, 3.63) is 12.2 Å². The second-order valence-electron chi connectivity index (χ2n) is 3.75. The lowest BCUT2D eigenvalue weighted by Gasteiger charge is -2.22. The van der Waals surface area contributed by atoms with Crippen LogP contribution in [0, 0.1) is 0 Å². The van der Waals surface area contributed by atoms with Crippen LogP contribution in [-0.4, -0.2) is 29.4 Å².